The van der Waals surface area contributed by atoms with Crippen molar-refractivity contribution in [2.45, 2.75) is 0 Å². The Balaban J connectivity index is 2.10. The number of halogens is 1. The summed E-state index contributed by atoms with van der Waals surface area (Å²) in [4.78, 5) is 9.94. The normalized spacial score (nSPS) is 17.5. The van der Waals surface area contributed by atoms with Crippen molar-refractivity contribution in [2.24, 2.45) is 0 Å². The van der Waals surface area contributed by atoms with Crippen LogP contribution in [0.25, 0.3) is 0 Å². The number of hydrogen-bond acceptors (Lipinski definition) is 4. The van der Waals surface area contributed by atoms with Gasteiger partial charge >= 0.3 is 0 Å². The fraction of sp³-hybridized carbons (Fsp3) is 0.500. The fourth-order valence-corrected chi connectivity index (χ4v) is 2.14. The van der Waals surface area contributed by atoms with Crippen LogP contribution in [-0.4, -0.2) is 34.6 Å². The van der Waals surface area contributed by atoms with Gasteiger partial charge in [-0.3, -0.25) is 0 Å². The molecule has 1 aliphatic rings. The van der Waals surface area contributed by atoms with Gasteiger partial charge in [0.2, 0.25) is 5.95 Å². The first-order valence-electron chi connectivity index (χ1n) is 4.16. The second-order valence-electron chi connectivity index (χ2n) is 2.80. The minimum Gasteiger partial charge on any atom is -0.339 e. The Morgan fingerprint density at radius 1 is 1.23 bits per heavy atom. The van der Waals surface area contributed by atoms with E-state index in [2.05, 4.69) is 14.9 Å². The van der Waals surface area contributed by atoms with Gasteiger partial charge in [0.05, 0.1) is 12.4 Å². The van der Waals surface area contributed by atoms with E-state index >= 15 is 0 Å². The molecule has 1 aromatic rings. The number of aromatic nitrogens is 2. The number of rotatable bonds is 1. The average Bonchev–Trinajstić information content (AvgIpc) is 2.20. The monoisotopic (exact) mass is 199 g/mol. The summed E-state index contributed by atoms with van der Waals surface area (Å²) in [7, 11) is 0. The largest absolute Gasteiger partial charge is 0.339 e. The van der Waals surface area contributed by atoms with Crippen LogP contribution in [0.5, 0.6) is 0 Å². The molecule has 13 heavy (non-hydrogen) atoms. The van der Waals surface area contributed by atoms with Crippen LogP contribution in [0.3, 0.4) is 0 Å². The first-order valence-corrected chi connectivity index (χ1v) is 5.32. The van der Waals surface area contributed by atoms with Crippen LogP contribution in [0.1, 0.15) is 0 Å². The first-order chi connectivity index (χ1) is 6.36. The van der Waals surface area contributed by atoms with Crippen molar-refractivity contribution in [3.05, 3.63) is 18.2 Å². The van der Waals surface area contributed by atoms with E-state index in [1.54, 1.807) is 0 Å². The van der Waals surface area contributed by atoms with Gasteiger partial charge in [-0.2, -0.15) is 11.8 Å². The van der Waals surface area contributed by atoms with Crippen LogP contribution in [0.2, 0.25) is 0 Å². The SMILES string of the molecule is Fc1cnc(N2CCSCC2)nc1. The molecule has 1 saturated heterocycles. The topological polar surface area (TPSA) is 29.0 Å². The van der Waals surface area contributed by atoms with Gasteiger partial charge in [-0.05, 0) is 0 Å². The highest BCUT2D eigenvalue weighted by Crippen LogP contribution is 2.14. The molecule has 2 rings (SSSR count). The minimum absolute atomic E-state index is 0.380. The van der Waals surface area contributed by atoms with Gasteiger partial charge in [0.15, 0.2) is 5.82 Å². The zero-order chi connectivity index (χ0) is 9.10. The van der Waals surface area contributed by atoms with Gasteiger partial charge in [0.25, 0.3) is 0 Å². The van der Waals surface area contributed by atoms with Crippen molar-refractivity contribution in [3.8, 4) is 0 Å². The van der Waals surface area contributed by atoms with E-state index in [4.69, 9.17) is 0 Å². The molecule has 0 saturated carbocycles. The van der Waals surface area contributed by atoms with E-state index in [-0.39, 0.29) is 5.82 Å². The zero-order valence-electron chi connectivity index (χ0n) is 7.11. The smallest absolute Gasteiger partial charge is 0.225 e. The Kier molecular flexibility index (Phi) is 2.63. The molecule has 0 aliphatic carbocycles. The van der Waals surface area contributed by atoms with Crippen molar-refractivity contribution in [2.75, 3.05) is 29.5 Å². The van der Waals surface area contributed by atoms with Crippen molar-refractivity contribution in [1.82, 2.24) is 9.97 Å². The van der Waals surface area contributed by atoms with Crippen LogP contribution in [-0.2, 0) is 0 Å². The molecule has 0 N–H and O–H groups in total. The van der Waals surface area contributed by atoms with Crippen LogP contribution in [0, 0.1) is 5.82 Å². The fourth-order valence-electron chi connectivity index (χ4n) is 1.23. The maximum Gasteiger partial charge on any atom is 0.225 e. The Bertz CT molecular complexity index is 271. The van der Waals surface area contributed by atoms with Crippen LogP contribution in [0.15, 0.2) is 12.4 Å². The van der Waals surface area contributed by atoms with Gasteiger partial charge in [-0.1, -0.05) is 0 Å². The van der Waals surface area contributed by atoms with Crippen LogP contribution < -0.4 is 4.90 Å². The van der Waals surface area contributed by atoms with E-state index < -0.39 is 0 Å². The van der Waals surface area contributed by atoms with Crippen LogP contribution >= 0.6 is 11.8 Å². The van der Waals surface area contributed by atoms with Crippen molar-refractivity contribution >= 4 is 17.7 Å². The molecule has 0 amide bonds. The highest BCUT2D eigenvalue weighted by molar-refractivity contribution is 7.99. The lowest BCUT2D eigenvalue weighted by Gasteiger charge is -2.25. The summed E-state index contributed by atoms with van der Waals surface area (Å²) in [6, 6.07) is 0. The van der Waals surface area contributed by atoms with Gasteiger partial charge < -0.3 is 4.90 Å². The lowest BCUT2D eigenvalue weighted by atomic mass is 10.5. The van der Waals surface area contributed by atoms with Gasteiger partial charge in [-0.15, -0.1) is 0 Å². The van der Waals surface area contributed by atoms with Gasteiger partial charge in [-0.25, -0.2) is 14.4 Å². The quantitative estimate of drug-likeness (QED) is 0.679. The van der Waals surface area contributed by atoms with Gasteiger partial charge in [0, 0.05) is 24.6 Å². The molecule has 0 atom stereocenters. The van der Waals surface area contributed by atoms with E-state index in [1.807, 2.05) is 11.8 Å². The lowest BCUT2D eigenvalue weighted by Crippen LogP contribution is -2.33. The maximum atomic E-state index is 12.5. The standard InChI is InChI=1S/C8H10FN3S/c9-7-5-10-8(11-6-7)12-1-3-13-4-2-12/h5-6H,1-4H2. The summed E-state index contributed by atoms with van der Waals surface area (Å²) in [5, 5.41) is 0. The number of thioether (sulfide) groups is 1. The predicted octanol–water partition coefficient (Wildman–Crippen LogP) is 1.17. The Morgan fingerprint density at radius 2 is 1.85 bits per heavy atom. The van der Waals surface area contributed by atoms with Crippen molar-refractivity contribution < 1.29 is 4.39 Å². The molecule has 0 bridgehead atoms. The summed E-state index contributed by atoms with van der Waals surface area (Å²) in [5.41, 5.74) is 0. The van der Waals surface area contributed by atoms with Gasteiger partial charge in [0.1, 0.15) is 0 Å². The third kappa shape index (κ3) is 2.09. The minimum atomic E-state index is -0.380. The number of hydrogen-bond donors (Lipinski definition) is 0. The van der Waals surface area contributed by atoms with E-state index in [1.165, 1.54) is 12.4 Å². The number of nitrogens with zero attached hydrogens (tertiary/aromatic N) is 3. The third-order valence-corrected chi connectivity index (χ3v) is 2.84. The number of anilines is 1. The summed E-state index contributed by atoms with van der Waals surface area (Å²) in [6.07, 6.45) is 2.42. The highest BCUT2D eigenvalue weighted by Gasteiger charge is 2.12. The molecule has 0 spiro atoms. The summed E-state index contributed by atoms with van der Waals surface area (Å²) in [6.45, 7) is 1.91. The molecule has 1 aliphatic heterocycles. The summed E-state index contributed by atoms with van der Waals surface area (Å²) in [5.74, 6) is 2.46. The Morgan fingerprint density at radius 3 is 2.46 bits per heavy atom. The highest BCUT2D eigenvalue weighted by atomic mass is 32.2. The van der Waals surface area contributed by atoms with E-state index in [9.17, 15) is 4.39 Å². The molecule has 1 aromatic heterocycles. The molecule has 0 aromatic carbocycles. The predicted molar refractivity (Wildman–Crippen MR) is 51.5 cm³/mol. The zero-order valence-corrected chi connectivity index (χ0v) is 7.93. The molecule has 0 unspecified atom stereocenters. The summed E-state index contributed by atoms with van der Waals surface area (Å²) >= 11 is 1.93. The third-order valence-electron chi connectivity index (χ3n) is 1.90. The van der Waals surface area contributed by atoms with Crippen molar-refractivity contribution in [3.63, 3.8) is 0 Å². The Hall–Kier alpha value is -0.840. The average molecular weight is 199 g/mol. The van der Waals surface area contributed by atoms with Crippen molar-refractivity contribution in [1.29, 1.82) is 0 Å². The molecule has 70 valence electrons. The molecule has 0 radical (unpaired) electrons. The molecular formula is C8H10FN3S. The second kappa shape index (κ2) is 3.91. The Labute approximate surface area is 80.4 Å². The molecular weight excluding hydrogens is 189 g/mol. The molecule has 5 heteroatoms. The van der Waals surface area contributed by atoms with E-state index in [0.717, 1.165) is 24.6 Å². The van der Waals surface area contributed by atoms with Crippen LogP contribution in [0.4, 0.5) is 10.3 Å². The maximum absolute atomic E-state index is 12.5. The first kappa shape index (κ1) is 8.74. The molecule has 3 nitrogen and oxygen atoms in total. The van der Waals surface area contributed by atoms with E-state index in [0.29, 0.717) is 5.95 Å². The molecule has 2 heterocycles. The second-order valence-corrected chi connectivity index (χ2v) is 4.03. The molecule has 1 fully saturated rings. The lowest BCUT2D eigenvalue weighted by molar-refractivity contribution is 0.611. The summed E-state index contributed by atoms with van der Waals surface area (Å²) < 4.78 is 12.5.